The molecule has 2 aromatic carbocycles. The molecule has 1 N–H and O–H groups in total. The summed E-state index contributed by atoms with van der Waals surface area (Å²) in [4.78, 5) is 22.8. The average molecular weight is 441 g/mol. The molecule has 0 aliphatic carbocycles. The van der Waals surface area contributed by atoms with Crippen LogP contribution in [0.5, 0.6) is 0 Å². The van der Waals surface area contributed by atoms with Gasteiger partial charge in [-0.3, -0.25) is 14.9 Å². The second-order valence-corrected chi connectivity index (χ2v) is 6.97. The Morgan fingerprint density at radius 3 is 2.64 bits per heavy atom. The number of amides is 1. The first-order valence-electron chi connectivity index (χ1n) is 8.40. The van der Waals surface area contributed by atoms with Gasteiger partial charge in [0, 0.05) is 33.6 Å². The van der Waals surface area contributed by atoms with Crippen LogP contribution in [0.15, 0.2) is 64.2 Å². The molecule has 0 spiro atoms. The molecule has 0 atom stereocenters. The topological polar surface area (TPSA) is 89.5 Å². The van der Waals surface area contributed by atoms with Gasteiger partial charge in [0.15, 0.2) is 0 Å². The molecule has 142 valence electrons. The molecule has 1 heterocycles. The molecule has 0 fully saturated rings. The fourth-order valence-corrected chi connectivity index (χ4v) is 3.39. The molecule has 0 saturated carbocycles. The van der Waals surface area contributed by atoms with E-state index in [2.05, 4.69) is 26.5 Å². The summed E-state index contributed by atoms with van der Waals surface area (Å²) in [6, 6.07) is 15.4. The molecule has 0 bridgehead atoms. The number of hydrogen-bond donors (Lipinski definition) is 1. The van der Waals surface area contributed by atoms with Gasteiger partial charge < -0.3 is 4.57 Å². The maximum atomic E-state index is 12.2. The number of nitro groups is 1. The van der Waals surface area contributed by atoms with Crippen molar-refractivity contribution in [3.05, 3.63) is 91.7 Å². The second-order valence-electron chi connectivity index (χ2n) is 6.12. The number of nitrogens with one attached hydrogen (secondary N) is 1. The molecule has 8 heteroatoms. The van der Waals surface area contributed by atoms with Crippen LogP contribution in [0.2, 0.25) is 0 Å². The summed E-state index contributed by atoms with van der Waals surface area (Å²) in [6.07, 6.45) is 1.56. The van der Waals surface area contributed by atoms with E-state index >= 15 is 0 Å². The highest BCUT2D eigenvalue weighted by molar-refractivity contribution is 9.10. The van der Waals surface area contributed by atoms with E-state index < -0.39 is 4.92 Å². The Bertz CT molecular complexity index is 1090. The number of halogens is 1. The molecular weight excluding hydrogens is 424 g/mol. The summed E-state index contributed by atoms with van der Waals surface area (Å²) < 4.78 is 2.59. The molecular formula is C20H17BrN4O3. The number of rotatable bonds is 5. The molecule has 0 radical (unpaired) electrons. The highest BCUT2D eigenvalue weighted by atomic mass is 79.9. The molecule has 0 saturated heterocycles. The Balaban J connectivity index is 1.83. The van der Waals surface area contributed by atoms with Gasteiger partial charge in [-0.1, -0.05) is 18.2 Å². The number of carbonyl (C=O) groups is 1. The lowest BCUT2D eigenvalue weighted by atomic mass is 10.2. The first-order chi connectivity index (χ1) is 13.4. The van der Waals surface area contributed by atoms with Crippen LogP contribution in [0, 0.1) is 24.0 Å². The number of hydrazone groups is 1. The van der Waals surface area contributed by atoms with Gasteiger partial charge in [0.2, 0.25) is 0 Å². The van der Waals surface area contributed by atoms with Crippen molar-refractivity contribution in [1.82, 2.24) is 9.99 Å². The predicted octanol–water partition coefficient (Wildman–Crippen LogP) is 4.53. The van der Waals surface area contributed by atoms with Gasteiger partial charge in [0.25, 0.3) is 11.6 Å². The molecule has 28 heavy (non-hydrogen) atoms. The summed E-state index contributed by atoms with van der Waals surface area (Å²) >= 11 is 3.34. The van der Waals surface area contributed by atoms with E-state index in [1.54, 1.807) is 30.5 Å². The Hall–Kier alpha value is -3.26. The van der Waals surface area contributed by atoms with Gasteiger partial charge in [0.1, 0.15) is 0 Å². The second kappa shape index (κ2) is 8.18. The zero-order valence-electron chi connectivity index (χ0n) is 15.2. The third-order valence-electron chi connectivity index (χ3n) is 4.26. The van der Waals surface area contributed by atoms with Crippen LogP contribution < -0.4 is 5.43 Å². The lowest BCUT2D eigenvalue weighted by Crippen LogP contribution is -2.18. The smallest absolute Gasteiger partial charge is 0.272 e. The van der Waals surface area contributed by atoms with Crippen LogP contribution >= 0.6 is 15.9 Å². The molecule has 0 aliphatic rings. The number of carbonyl (C=O) groups excluding carboxylic acids is 1. The minimum atomic E-state index is -0.419. The van der Waals surface area contributed by atoms with Crippen LogP contribution in [0.4, 0.5) is 5.69 Å². The third-order valence-corrected chi connectivity index (χ3v) is 4.95. The lowest BCUT2D eigenvalue weighted by Gasteiger charge is -2.09. The van der Waals surface area contributed by atoms with Gasteiger partial charge >= 0.3 is 0 Å². The molecule has 1 amide bonds. The number of nitrogens with zero attached hydrogens (tertiary/aromatic N) is 3. The van der Waals surface area contributed by atoms with E-state index in [0.717, 1.165) is 17.0 Å². The zero-order chi connectivity index (χ0) is 20.3. The SMILES string of the molecule is Cc1cc(/C=N/NC(=O)c2ccccc2Br)c(C)n1-c1cccc([N+](=O)[O-])c1. The zero-order valence-corrected chi connectivity index (χ0v) is 16.8. The molecule has 3 rings (SSSR count). The fourth-order valence-electron chi connectivity index (χ4n) is 2.93. The number of aromatic nitrogens is 1. The van der Waals surface area contributed by atoms with Crippen molar-refractivity contribution in [3.63, 3.8) is 0 Å². The molecule has 7 nitrogen and oxygen atoms in total. The Morgan fingerprint density at radius 2 is 1.93 bits per heavy atom. The van der Waals surface area contributed by atoms with Gasteiger partial charge in [-0.15, -0.1) is 0 Å². The largest absolute Gasteiger partial charge is 0.318 e. The van der Waals surface area contributed by atoms with Crippen LogP contribution in [0.3, 0.4) is 0 Å². The van der Waals surface area contributed by atoms with E-state index in [1.165, 1.54) is 12.1 Å². The van der Waals surface area contributed by atoms with Crippen LogP contribution in [0.25, 0.3) is 5.69 Å². The van der Waals surface area contributed by atoms with Gasteiger partial charge in [-0.2, -0.15) is 5.10 Å². The van der Waals surface area contributed by atoms with Crippen molar-refractivity contribution < 1.29 is 9.72 Å². The predicted molar refractivity (Wildman–Crippen MR) is 111 cm³/mol. The summed E-state index contributed by atoms with van der Waals surface area (Å²) in [5, 5.41) is 15.1. The van der Waals surface area contributed by atoms with Crippen molar-refractivity contribution in [2.45, 2.75) is 13.8 Å². The molecule has 3 aromatic rings. The Labute approximate surface area is 170 Å². The minimum Gasteiger partial charge on any atom is -0.318 e. The summed E-state index contributed by atoms with van der Waals surface area (Å²) in [5.74, 6) is -0.323. The van der Waals surface area contributed by atoms with Gasteiger partial charge in [-0.05, 0) is 54.0 Å². The van der Waals surface area contributed by atoms with Crippen molar-refractivity contribution in [2.75, 3.05) is 0 Å². The van der Waals surface area contributed by atoms with Crippen LogP contribution in [0.1, 0.15) is 27.3 Å². The summed E-state index contributed by atoms with van der Waals surface area (Å²) in [5.41, 5.74) is 6.28. The minimum absolute atomic E-state index is 0.0286. The van der Waals surface area contributed by atoms with E-state index in [0.29, 0.717) is 15.7 Å². The maximum absolute atomic E-state index is 12.2. The number of non-ortho nitro benzene ring substituents is 1. The number of aryl methyl sites for hydroxylation is 1. The highest BCUT2D eigenvalue weighted by Gasteiger charge is 2.13. The lowest BCUT2D eigenvalue weighted by molar-refractivity contribution is -0.384. The standard InChI is InChI=1S/C20H17BrN4O3/c1-13-10-15(12-22-23-20(26)18-8-3-4-9-19(18)21)14(2)24(13)16-6-5-7-17(11-16)25(27)28/h3-12H,1-2H3,(H,23,26)/b22-12+. The first kappa shape index (κ1) is 19.5. The summed E-state index contributed by atoms with van der Waals surface area (Å²) in [6.45, 7) is 3.80. The van der Waals surface area contributed by atoms with E-state index in [4.69, 9.17) is 0 Å². The van der Waals surface area contributed by atoms with Crippen LogP contribution in [-0.4, -0.2) is 21.6 Å². The molecule has 0 unspecified atom stereocenters. The Morgan fingerprint density at radius 1 is 1.18 bits per heavy atom. The van der Waals surface area contributed by atoms with Crippen molar-refractivity contribution in [3.8, 4) is 5.69 Å². The van der Waals surface area contributed by atoms with Crippen molar-refractivity contribution >= 4 is 33.7 Å². The Kier molecular flexibility index (Phi) is 5.70. The molecule has 0 aliphatic heterocycles. The number of benzene rings is 2. The fraction of sp³-hybridized carbons (Fsp3) is 0.100. The van der Waals surface area contributed by atoms with Gasteiger partial charge in [0.05, 0.1) is 22.4 Å². The molecule has 1 aromatic heterocycles. The van der Waals surface area contributed by atoms with E-state index in [1.807, 2.05) is 36.6 Å². The normalized spacial score (nSPS) is 11.0. The van der Waals surface area contributed by atoms with Crippen molar-refractivity contribution in [1.29, 1.82) is 0 Å². The highest BCUT2D eigenvalue weighted by Crippen LogP contribution is 2.23. The number of hydrogen-bond acceptors (Lipinski definition) is 4. The van der Waals surface area contributed by atoms with E-state index in [9.17, 15) is 14.9 Å². The third kappa shape index (κ3) is 4.01. The first-order valence-corrected chi connectivity index (χ1v) is 9.19. The van der Waals surface area contributed by atoms with Gasteiger partial charge in [-0.25, -0.2) is 5.43 Å². The number of nitro benzene ring substituents is 1. The quantitative estimate of drug-likeness (QED) is 0.359. The average Bonchev–Trinajstić information content (AvgIpc) is 2.95. The summed E-state index contributed by atoms with van der Waals surface area (Å²) in [7, 11) is 0. The van der Waals surface area contributed by atoms with E-state index in [-0.39, 0.29) is 11.6 Å². The van der Waals surface area contributed by atoms with Crippen molar-refractivity contribution in [2.24, 2.45) is 5.10 Å². The monoisotopic (exact) mass is 440 g/mol. The van der Waals surface area contributed by atoms with Crippen LogP contribution in [-0.2, 0) is 0 Å². The maximum Gasteiger partial charge on any atom is 0.272 e.